The van der Waals surface area contributed by atoms with E-state index in [0.29, 0.717) is 18.9 Å². The molecule has 1 unspecified atom stereocenters. The van der Waals surface area contributed by atoms with Crippen molar-refractivity contribution < 1.29 is 27.9 Å². The maximum absolute atomic E-state index is 13.6. The number of oxime groups is 1. The molecule has 38 heavy (non-hydrogen) atoms. The normalized spacial score (nSPS) is 26.6. The number of likely N-dealkylation sites (tertiary alicyclic amines) is 1. The van der Waals surface area contributed by atoms with Gasteiger partial charge in [-0.25, -0.2) is 8.78 Å². The first-order valence-electron chi connectivity index (χ1n) is 14.1. The molecule has 1 N–H and O–H groups in total. The van der Waals surface area contributed by atoms with Gasteiger partial charge >= 0.3 is 5.97 Å². The van der Waals surface area contributed by atoms with E-state index in [4.69, 9.17) is 14.3 Å². The number of piperidine rings is 1. The molecule has 6 rings (SSSR count). The van der Waals surface area contributed by atoms with Gasteiger partial charge in [-0.05, 0) is 81.6 Å². The third kappa shape index (κ3) is 4.92. The number of nitrogens with one attached hydrogen (secondary N) is 1. The van der Waals surface area contributed by atoms with Gasteiger partial charge in [0, 0.05) is 44.5 Å². The van der Waals surface area contributed by atoms with E-state index < -0.39 is 17.4 Å². The van der Waals surface area contributed by atoms with Gasteiger partial charge in [0.25, 0.3) is 0 Å². The van der Waals surface area contributed by atoms with Gasteiger partial charge < -0.3 is 19.6 Å². The van der Waals surface area contributed by atoms with Crippen molar-refractivity contribution in [2.75, 3.05) is 33.3 Å². The summed E-state index contributed by atoms with van der Waals surface area (Å²) in [5.74, 6) is -1.51. The lowest BCUT2D eigenvalue weighted by molar-refractivity contribution is -0.158. The van der Waals surface area contributed by atoms with Gasteiger partial charge in [0.05, 0.1) is 12.5 Å². The summed E-state index contributed by atoms with van der Waals surface area (Å²) in [5.41, 5.74) is 3.34. The standard InChI is InChI=1S/C29H39F2N3O4/c1-18(37-26(35)27(2)6-8-32-9-7-27)24-14-28(38-33-24)16-34(17-28)15-20-10-22(19-4-5-19)23(11-25(20)36-3)21-12-29(30,31)13-21/h10-11,18-19,21,32H,4-9,12-17H2,1-3H3. The summed E-state index contributed by atoms with van der Waals surface area (Å²) in [6.45, 7) is 7.68. The number of benzene rings is 1. The van der Waals surface area contributed by atoms with E-state index in [1.165, 1.54) is 5.56 Å². The van der Waals surface area contributed by atoms with E-state index in [0.717, 1.165) is 74.5 Å². The fourth-order valence-corrected chi connectivity index (χ4v) is 6.57. The molecule has 208 valence electrons. The molecule has 1 aromatic rings. The Bertz CT molecular complexity index is 1120. The number of alkyl halides is 2. The van der Waals surface area contributed by atoms with Crippen LogP contribution in [0.25, 0.3) is 0 Å². The van der Waals surface area contributed by atoms with Gasteiger partial charge in [-0.2, -0.15) is 0 Å². The van der Waals surface area contributed by atoms with Crippen LogP contribution in [0.1, 0.15) is 87.3 Å². The lowest BCUT2D eigenvalue weighted by atomic mass is 9.74. The Labute approximate surface area is 223 Å². The average Bonchev–Trinajstić information content (AvgIpc) is 3.60. The van der Waals surface area contributed by atoms with Gasteiger partial charge in [-0.3, -0.25) is 9.69 Å². The fourth-order valence-electron chi connectivity index (χ4n) is 6.57. The second kappa shape index (κ2) is 9.44. The SMILES string of the molecule is COc1cc(C2CC(F)(F)C2)c(C2CC2)cc1CN1CC2(CC(C(C)OC(=O)C3(C)CCNCC3)=NO2)C1. The number of carbonyl (C=O) groups excluding carboxylic acids is 1. The Hall–Kier alpha value is -2.26. The van der Waals surface area contributed by atoms with Crippen LogP contribution in [-0.4, -0.2) is 67.5 Å². The molecule has 0 bridgehead atoms. The molecule has 2 aliphatic carbocycles. The van der Waals surface area contributed by atoms with Crippen LogP contribution in [0.5, 0.6) is 5.75 Å². The zero-order chi connectivity index (χ0) is 26.7. The second-order valence-electron chi connectivity index (χ2n) is 12.6. The van der Waals surface area contributed by atoms with E-state index >= 15 is 0 Å². The molecule has 1 spiro atoms. The van der Waals surface area contributed by atoms with Gasteiger partial charge in [-0.15, -0.1) is 0 Å². The van der Waals surface area contributed by atoms with E-state index in [1.807, 2.05) is 19.9 Å². The predicted octanol–water partition coefficient (Wildman–Crippen LogP) is 4.74. The fraction of sp³-hybridized carbons (Fsp3) is 0.724. The smallest absolute Gasteiger partial charge is 0.312 e. The minimum absolute atomic E-state index is 0.0618. The molecule has 5 aliphatic rings. The van der Waals surface area contributed by atoms with Crippen molar-refractivity contribution >= 4 is 11.7 Å². The van der Waals surface area contributed by atoms with Gasteiger partial charge in [-0.1, -0.05) is 11.2 Å². The summed E-state index contributed by atoms with van der Waals surface area (Å²) >= 11 is 0. The molecular weight excluding hydrogens is 492 g/mol. The molecule has 0 aromatic heterocycles. The van der Waals surface area contributed by atoms with Crippen molar-refractivity contribution in [3.63, 3.8) is 0 Å². The Morgan fingerprint density at radius 1 is 1.18 bits per heavy atom. The number of ether oxygens (including phenoxy) is 2. The monoisotopic (exact) mass is 531 g/mol. The summed E-state index contributed by atoms with van der Waals surface area (Å²) in [6.07, 6.45) is 3.93. The van der Waals surface area contributed by atoms with Crippen molar-refractivity contribution in [1.82, 2.24) is 10.2 Å². The summed E-state index contributed by atoms with van der Waals surface area (Å²) in [7, 11) is 1.65. The molecule has 9 heteroatoms. The minimum atomic E-state index is -2.54. The summed E-state index contributed by atoms with van der Waals surface area (Å²) in [4.78, 5) is 21.0. The zero-order valence-corrected chi connectivity index (χ0v) is 22.7. The molecule has 1 atom stereocenters. The molecule has 4 fully saturated rings. The highest BCUT2D eigenvalue weighted by atomic mass is 19.3. The van der Waals surface area contributed by atoms with Crippen molar-refractivity contribution in [3.05, 3.63) is 28.8 Å². The summed E-state index contributed by atoms with van der Waals surface area (Å²) in [6, 6.07) is 4.22. The molecule has 3 aliphatic heterocycles. The number of halogens is 2. The number of methoxy groups -OCH3 is 1. The third-order valence-electron chi connectivity index (χ3n) is 9.26. The van der Waals surface area contributed by atoms with Gasteiger partial charge in [0.2, 0.25) is 5.92 Å². The second-order valence-corrected chi connectivity index (χ2v) is 12.6. The highest BCUT2D eigenvalue weighted by Gasteiger charge is 2.52. The van der Waals surface area contributed by atoms with Crippen LogP contribution in [0.3, 0.4) is 0 Å². The Morgan fingerprint density at radius 3 is 2.50 bits per heavy atom. The largest absolute Gasteiger partial charge is 0.496 e. The van der Waals surface area contributed by atoms with Crippen molar-refractivity contribution in [1.29, 1.82) is 0 Å². The predicted molar refractivity (Wildman–Crippen MR) is 139 cm³/mol. The molecular formula is C29H39F2N3O4. The first-order valence-corrected chi connectivity index (χ1v) is 14.1. The Kier molecular flexibility index (Phi) is 6.45. The van der Waals surface area contributed by atoms with Crippen LogP contribution < -0.4 is 10.1 Å². The lowest BCUT2D eigenvalue weighted by Crippen LogP contribution is -2.61. The highest BCUT2D eigenvalue weighted by Crippen LogP contribution is 2.53. The maximum Gasteiger partial charge on any atom is 0.312 e. The molecule has 3 heterocycles. The maximum atomic E-state index is 13.6. The van der Waals surface area contributed by atoms with Crippen LogP contribution in [0.4, 0.5) is 8.78 Å². The molecule has 1 aromatic carbocycles. The summed E-state index contributed by atoms with van der Waals surface area (Å²) < 4.78 is 38.8. The van der Waals surface area contributed by atoms with Crippen molar-refractivity contribution in [2.24, 2.45) is 10.6 Å². The van der Waals surface area contributed by atoms with Gasteiger partial charge in [0.15, 0.2) is 5.60 Å². The molecule has 0 radical (unpaired) electrons. The van der Waals surface area contributed by atoms with E-state index in [1.54, 1.807) is 7.11 Å². The topological polar surface area (TPSA) is 72.4 Å². The molecule has 2 saturated heterocycles. The first-order chi connectivity index (χ1) is 18.1. The van der Waals surface area contributed by atoms with Crippen LogP contribution in [0, 0.1) is 5.41 Å². The number of esters is 1. The van der Waals surface area contributed by atoms with Crippen LogP contribution in [0.15, 0.2) is 17.3 Å². The van der Waals surface area contributed by atoms with Crippen molar-refractivity contribution in [3.8, 4) is 5.75 Å². The number of rotatable bonds is 8. The zero-order valence-electron chi connectivity index (χ0n) is 22.7. The summed E-state index contributed by atoms with van der Waals surface area (Å²) in [5, 5.41) is 7.62. The third-order valence-corrected chi connectivity index (χ3v) is 9.26. The molecule has 2 saturated carbocycles. The highest BCUT2D eigenvalue weighted by molar-refractivity contribution is 5.92. The number of nitrogens with zero attached hydrogens (tertiary/aromatic N) is 2. The number of hydrogen-bond acceptors (Lipinski definition) is 7. The lowest BCUT2D eigenvalue weighted by Gasteiger charge is -2.45. The van der Waals surface area contributed by atoms with E-state index in [9.17, 15) is 13.6 Å². The van der Waals surface area contributed by atoms with E-state index in [2.05, 4.69) is 21.4 Å². The average molecular weight is 532 g/mol. The van der Waals surface area contributed by atoms with E-state index in [-0.39, 0.29) is 30.3 Å². The number of carbonyl (C=O) groups is 1. The molecule has 7 nitrogen and oxygen atoms in total. The van der Waals surface area contributed by atoms with Crippen LogP contribution >= 0.6 is 0 Å². The quantitative estimate of drug-likeness (QED) is 0.489. The van der Waals surface area contributed by atoms with Crippen molar-refractivity contribution in [2.45, 2.75) is 94.8 Å². The number of hydrogen-bond donors (Lipinski definition) is 1. The first kappa shape index (κ1) is 26.0. The van der Waals surface area contributed by atoms with Crippen LogP contribution in [0.2, 0.25) is 0 Å². The Morgan fingerprint density at radius 2 is 1.87 bits per heavy atom. The van der Waals surface area contributed by atoms with Gasteiger partial charge in [0.1, 0.15) is 17.6 Å². The Balaban J connectivity index is 1.06. The molecule has 0 amide bonds. The minimum Gasteiger partial charge on any atom is -0.496 e. The van der Waals surface area contributed by atoms with Crippen LogP contribution in [-0.2, 0) is 20.9 Å².